The van der Waals surface area contributed by atoms with Gasteiger partial charge in [-0.3, -0.25) is 0 Å². The van der Waals surface area contributed by atoms with E-state index in [4.69, 9.17) is 0 Å². The Balaban J connectivity index is 2.51. The van der Waals surface area contributed by atoms with Gasteiger partial charge < -0.3 is 0 Å². The Labute approximate surface area is 66.6 Å². The van der Waals surface area contributed by atoms with E-state index in [1.54, 1.807) is 4.80 Å². The number of aromatic nitrogens is 4. The normalized spacial score (nSPS) is 10.4. The van der Waals surface area contributed by atoms with Crippen LogP contribution in [-0.2, 0) is 13.0 Å². The second-order valence-electron chi connectivity index (χ2n) is 2.55. The third-order valence-electron chi connectivity index (χ3n) is 1.39. The number of rotatable bonds is 4. The number of aryl methyl sites for hydroxylation is 2. The Morgan fingerprint density at radius 1 is 1.27 bits per heavy atom. The molecule has 0 saturated carbocycles. The Morgan fingerprint density at radius 3 is 2.73 bits per heavy atom. The van der Waals surface area contributed by atoms with Crippen LogP contribution in [0.25, 0.3) is 0 Å². The molecule has 0 aromatic carbocycles. The number of nitrogens with zero attached hydrogens (tertiary/aromatic N) is 4. The molecule has 11 heavy (non-hydrogen) atoms. The molecule has 0 spiro atoms. The minimum atomic E-state index is 0.862. The van der Waals surface area contributed by atoms with E-state index in [2.05, 4.69) is 29.3 Å². The van der Waals surface area contributed by atoms with Gasteiger partial charge in [0, 0.05) is 6.42 Å². The molecular formula is C7H14N4. The van der Waals surface area contributed by atoms with Crippen molar-refractivity contribution in [1.82, 2.24) is 20.2 Å². The monoisotopic (exact) mass is 154 g/mol. The molecule has 62 valence electrons. The summed E-state index contributed by atoms with van der Waals surface area (Å²) >= 11 is 0. The third-order valence-corrected chi connectivity index (χ3v) is 1.39. The van der Waals surface area contributed by atoms with Crippen LogP contribution >= 0.6 is 0 Å². The lowest BCUT2D eigenvalue weighted by Gasteiger charge is -1.90. The van der Waals surface area contributed by atoms with E-state index < -0.39 is 0 Å². The minimum Gasteiger partial charge on any atom is -0.164 e. The van der Waals surface area contributed by atoms with Crippen LogP contribution in [0.5, 0.6) is 0 Å². The smallest absolute Gasteiger partial charge is 0.164 e. The van der Waals surface area contributed by atoms with Crippen LogP contribution in [0, 0.1) is 0 Å². The highest BCUT2D eigenvalue weighted by atomic mass is 15.6. The van der Waals surface area contributed by atoms with Crippen molar-refractivity contribution in [2.45, 2.75) is 39.7 Å². The third kappa shape index (κ3) is 2.29. The van der Waals surface area contributed by atoms with Crippen molar-refractivity contribution < 1.29 is 0 Å². The molecule has 0 aliphatic heterocycles. The standard InChI is InChI=1S/C7H14N4/c1-3-5-7-8-10-11(9-7)6-4-2/h3-6H2,1-2H3. The van der Waals surface area contributed by atoms with Crippen LogP contribution in [0.15, 0.2) is 0 Å². The number of hydrogen-bond donors (Lipinski definition) is 0. The fourth-order valence-electron chi connectivity index (χ4n) is 0.895. The predicted octanol–water partition coefficient (Wildman–Crippen LogP) is 1.04. The predicted molar refractivity (Wildman–Crippen MR) is 42.1 cm³/mol. The Hall–Kier alpha value is -0.930. The molecule has 0 aliphatic carbocycles. The van der Waals surface area contributed by atoms with Crippen LogP contribution in [0.1, 0.15) is 32.5 Å². The second-order valence-corrected chi connectivity index (χ2v) is 2.55. The van der Waals surface area contributed by atoms with E-state index in [9.17, 15) is 0 Å². The van der Waals surface area contributed by atoms with Gasteiger partial charge in [0.25, 0.3) is 0 Å². The first-order chi connectivity index (χ1) is 5.36. The van der Waals surface area contributed by atoms with Crippen molar-refractivity contribution in [3.8, 4) is 0 Å². The maximum atomic E-state index is 4.18. The van der Waals surface area contributed by atoms with Gasteiger partial charge in [-0.25, -0.2) is 0 Å². The lowest BCUT2D eigenvalue weighted by molar-refractivity contribution is 0.512. The highest BCUT2D eigenvalue weighted by molar-refractivity contribution is 4.75. The van der Waals surface area contributed by atoms with Crippen molar-refractivity contribution in [2.75, 3.05) is 0 Å². The molecule has 4 nitrogen and oxygen atoms in total. The van der Waals surface area contributed by atoms with Gasteiger partial charge in [0.15, 0.2) is 5.82 Å². The average molecular weight is 154 g/mol. The van der Waals surface area contributed by atoms with Gasteiger partial charge in [-0.05, 0) is 18.1 Å². The zero-order valence-corrected chi connectivity index (χ0v) is 7.12. The quantitative estimate of drug-likeness (QED) is 0.650. The maximum absolute atomic E-state index is 4.18. The fourth-order valence-corrected chi connectivity index (χ4v) is 0.895. The summed E-state index contributed by atoms with van der Waals surface area (Å²) in [4.78, 5) is 1.66. The molecule has 0 atom stereocenters. The molecule has 0 aliphatic rings. The number of hydrogen-bond acceptors (Lipinski definition) is 3. The van der Waals surface area contributed by atoms with Crippen molar-refractivity contribution in [1.29, 1.82) is 0 Å². The summed E-state index contributed by atoms with van der Waals surface area (Å²) in [6, 6.07) is 0. The highest BCUT2D eigenvalue weighted by Crippen LogP contribution is 1.92. The first-order valence-electron chi connectivity index (χ1n) is 4.13. The summed E-state index contributed by atoms with van der Waals surface area (Å²) in [5, 5.41) is 12.0. The summed E-state index contributed by atoms with van der Waals surface area (Å²) in [5.74, 6) is 0.862. The van der Waals surface area contributed by atoms with Crippen LogP contribution in [0.4, 0.5) is 0 Å². The first kappa shape index (κ1) is 8.17. The van der Waals surface area contributed by atoms with Gasteiger partial charge in [0.1, 0.15) is 0 Å². The van der Waals surface area contributed by atoms with Gasteiger partial charge >= 0.3 is 0 Å². The molecule has 1 aromatic heterocycles. The van der Waals surface area contributed by atoms with Crippen molar-refractivity contribution in [2.24, 2.45) is 0 Å². The molecule has 4 heteroatoms. The molecule has 0 amide bonds. The lowest BCUT2D eigenvalue weighted by Crippen LogP contribution is -2.01. The second kappa shape index (κ2) is 4.05. The topological polar surface area (TPSA) is 43.6 Å². The van der Waals surface area contributed by atoms with Crippen molar-refractivity contribution in [3.05, 3.63) is 5.82 Å². The molecule has 0 radical (unpaired) electrons. The van der Waals surface area contributed by atoms with Gasteiger partial charge in [-0.2, -0.15) is 4.80 Å². The SMILES string of the molecule is CCCc1nnn(CCC)n1. The van der Waals surface area contributed by atoms with E-state index in [0.29, 0.717) is 0 Å². The minimum absolute atomic E-state index is 0.862. The van der Waals surface area contributed by atoms with Gasteiger partial charge in [-0.1, -0.05) is 13.8 Å². The van der Waals surface area contributed by atoms with Crippen LogP contribution in [-0.4, -0.2) is 20.2 Å². The molecule has 1 heterocycles. The van der Waals surface area contributed by atoms with Gasteiger partial charge in [-0.15, -0.1) is 10.2 Å². The maximum Gasteiger partial charge on any atom is 0.174 e. The Bertz CT molecular complexity index is 185. The molecule has 0 N–H and O–H groups in total. The fraction of sp³-hybridized carbons (Fsp3) is 0.857. The Kier molecular flexibility index (Phi) is 3.01. The summed E-state index contributed by atoms with van der Waals surface area (Å²) in [6.45, 7) is 5.08. The number of tetrazole rings is 1. The first-order valence-corrected chi connectivity index (χ1v) is 4.13. The van der Waals surface area contributed by atoms with E-state index in [1.807, 2.05) is 0 Å². The summed E-state index contributed by atoms with van der Waals surface area (Å²) in [7, 11) is 0. The molecule has 0 saturated heterocycles. The molecule has 1 aromatic rings. The van der Waals surface area contributed by atoms with Crippen molar-refractivity contribution >= 4 is 0 Å². The highest BCUT2D eigenvalue weighted by Gasteiger charge is 1.98. The summed E-state index contributed by atoms with van der Waals surface area (Å²) in [6.07, 6.45) is 3.07. The van der Waals surface area contributed by atoms with E-state index in [0.717, 1.165) is 31.6 Å². The van der Waals surface area contributed by atoms with E-state index >= 15 is 0 Å². The van der Waals surface area contributed by atoms with Gasteiger partial charge in [0.05, 0.1) is 6.54 Å². The molecular weight excluding hydrogens is 140 g/mol. The zero-order chi connectivity index (χ0) is 8.10. The van der Waals surface area contributed by atoms with E-state index in [1.165, 1.54) is 0 Å². The summed E-state index contributed by atoms with van der Waals surface area (Å²) < 4.78 is 0. The molecule has 1 rings (SSSR count). The largest absolute Gasteiger partial charge is 0.174 e. The van der Waals surface area contributed by atoms with Crippen LogP contribution in [0.2, 0.25) is 0 Å². The van der Waals surface area contributed by atoms with Crippen LogP contribution in [0.3, 0.4) is 0 Å². The van der Waals surface area contributed by atoms with Crippen molar-refractivity contribution in [3.63, 3.8) is 0 Å². The summed E-state index contributed by atoms with van der Waals surface area (Å²) in [5.41, 5.74) is 0. The lowest BCUT2D eigenvalue weighted by atomic mass is 10.3. The Morgan fingerprint density at radius 2 is 2.09 bits per heavy atom. The van der Waals surface area contributed by atoms with E-state index in [-0.39, 0.29) is 0 Å². The average Bonchev–Trinajstić information content (AvgIpc) is 2.38. The zero-order valence-electron chi connectivity index (χ0n) is 7.12. The van der Waals surface area contributed by atoms with Crippen LogP contribution < -0.4 is 0 Å². The molecule has 0 unspecified atom stereocenters. The van der Waals surface area contributed by atoms with Gasteiger partial charge in [0.2, 0.25) is 0 Å². The molecule has 0 bridgehead atoms. The molecule has 0 fully saturated rings.